The van der Waals surface area contributed by atoms with Crippen LogP contribution in [0.2, 0.25) is 0 Å². The van der Waals surface area contributed by atoms with Crippen molar-refractivity contribution in [3.8, 4) is 11.8 Å². The van der Waals surface area contributed by atoms with Crippen LogP contribution in [0.1, 0.15) is 17.5 Å². The number of aliphatic hydroxyl groups excluding tert-OH is 1. The molecule has 0 aromatic carbocycles. The van der Waals surface area contributed by atoms with Crippen LogP contribution in [-0.2, 0) is 0 Å². The van der Waals surface area contributed by atoms with Gasteiger partial charge in [0.15, 0.2) is 0 Å². The van der Waals surface area contributed by atoms with E-state index < -0.39 is 0 Å². The lowest BCUT2D eigenvalue weighted by Crippen LogP contribution is -1.92. The molecule has 0 aliphatic heterocycles. The fourth-order valence-electron chi connectivity index (χ4n) is 0.922. The Morgan fingerprint density at radius 3 is 3.00 bits per heavy atom. The van der Waals surface area contributed by atoms with Crippen molar-refractivity contribution in [1.82, 2.24) is 4.98 Å². The fraction of sp³-hybridized carbons (Fsp3) is 0.300. The maximum Gasteiger partial charge on any atom is 0.123 e. The van der Waals surface area contributed by atoms with Gasteiger partial charge < -0.3 is 10.8 Å². The lowest BCUT2D eigenvalue weighted by molar-refractivity contribution is 0.305. The van der Waals surface area contributed by atoms with Gasteiger partial charge in [0.1, 0.15) is 5.82 Å². The molecule has 0 saturated carbocycles. The zero-order chi connectivity index (χ0) is 9.68. The van der Waals surface area contributed by atoms with E-state index in [2.05, 4.69) is 16.8 Å². The molecule has 0 saturated heterocycles. The molecule has 0 unspecified atom stereocenters. The van der Waals surface area contributed by atoms with Crippen molar-refractivity contribution in [3.05, 3.63) is 23.4 Å². The Bertz CT molecular complexity index is 350. The van der Waals surface area contributed by atoms with Crippen LogP contribution in [0.15, 0.2) is 12.3 Å². The number of pyridine rings is 1. The molecule has 13 heavy (non-hydrogen) atoms. The third-order valence-electron chi connectivity index (χ3n) is 1.59. The van der Waals surface area contributed by atoms with E-state index in [1.807, 2.05) is 6.92 Å². The third-order valence-corrected chi connectivity index (χ3v) is 1.59. The minimum Gasteiger partial charge on any atom is -0.395 e. The molecule has 3 nitrogen and oxygen atoms in total. The maximum absolute atomic E-state index is 8.52. The number of hydrogen-bond acceptors (Lipinski definition) is 3. The van der Waals surface area contributed by atoms with Crippen LogP contribution >= 0.6 is 0 Å². The molecule has 3 N–H and O–H groups in total. The molecule has 0 aliphatic rings. The number of rotatable bonds is 1. The first-order chi connectivity index (χ1) is 6.24. The van der Waals surface area contributed by atoms with E-state index in [0.29, 0.717) is 12.2 Å². The number of aromatic nitrogens is 1. The van der Waals surface area contributed by atoms with Crippen molar-refractivity contribution in [1.29, 1.82) is 0 Å². The molecule has 68 valence electrons. The molecule has 0 bridgehead atoms. The van der Waals surface area contributed by atoms with Gasteiger partial charge in [0, 0.05) is 18.2 Å². The molecule has 0 radical (unpaired) electrons. The fourth-order valence-corrected chi connectivity index (χ4v) is 0.922. The largest absolute Gasteiger partial charge is 0.395 e. The van der Waals surface area contributed by atoms with Crippen molar-refractivity contribution >= 4 is 5.82 Å². The molecular formula is C10H12N2O. The van der Waals surface area contributed by atoms with Crippen LogP contribution in [0.3, 0.4) is 0 Å². The molecule has 0 aliphatic carbocycles. The van der Waals surface area contributed by atoms with Crippen LogP contribution in [0, 0.1) is 18.8 Å². The number of nitrogens with zero attached hydrogens (tertiary/aromatic N) is 1. The van der Waals surface area contributed by atoms with Crippen LogP contribution in [0.25, 0.3) is 0 Å². The summed E-state index contributed by atoms with van der Waals surface area (Å²) in [5.41, 5.74) is 7.36. The Morgan fingerprint density at radius 2 is 2.38 bits per heavy atom. The van der Waals surface area contributed by atoms with Crippen molar-refractivity contribution in [3.63, 3.8) is 0 Å². The summed E-state index contributed by atoms with van der Waals surface area (Å²) in [4.78, 5) is 3.93. The predicted octanol–water partition coefficient (Wildman–Crippen LogP) is 0.706. The highest BCUT2D eigenvalue weighted by molar-refractivity contribution is 5.44. The minimum absolute atomic E-state index is 0.0917. The van der Waals surface area contributed by atoms with Crippen LogP contribution in [-0.4, -0.2) is 16.7 Å². The van der Waals surface area contributed by atoms with E-state index in [9.17, 15) is 0 Å². The zero-order valence-corrected chi connectivity index (χ0v) is 7.54. The number of aryl methyl sites for hydroxylation is 1. The standard InChI is InChI=1S/C10H12N2O/c1-8-6-10(11)12-7-9(8)4-2-3-5-13/h6-7,13H,3,5H2,1H3,(H2,11,12). The van der Waals surface area contributed by atoms with Gasteiger partial charge in [-0.3, -0.25) is 0 Å². The molecule has 0 spiro atoms. The van der Waals surface area contributed by atoms with Crippen LogP contribution in [0.5, 0.6) is 0 Å². The number of nitrogen functional groups attached to an aromatic ring is 1. The average Bonchev–Trinajstić information content (AvgIpc) is 2.09. The highest BCUT2D eigenvalue weighted by atomic mass is 16.2. The molecule has 1 aromatic heterocycles. The van der Waals surface area contributed by atoms with Gasteiger partial charge in [-0.1, -0.05) is 11.8 Å². The summed E-state index contributed by atoms with van der Waals surface area (Å²) in [6, 6.07) is 1.78. The number of nitrogens with two attached hydrogens (primary N) is 1. The second-order valence-corrected chi connectivity index (χ2v) is 2.70. The van der Waals surface area contributed by atoms with Gasteiger partial charge >= 0.3 is 0 Å². The summed E-state index contributed by atoms with van der Waals surface area (Å²) in [5.74, 6) is 6.25. The van der Waals surface area contributed by atoms with Gasteiger partial charge in [0.05, 0.1) is 6.61 Å². The lowest BCUT2D eigenvalue weighted by atomic mass is 10.1. The van der Waals surface area contributed by atoms with Gasteiger partial charge in [-0.15, -0.1) is 0 Å². The van der Waals surface area contributed by atoms with E-state index in [4.69, 9.17) is 10.8 Å². The Kier molecular flexibility index (Phi) is 3.30. The first-order valence-electron chi connectivity index (χ1n) is 4.06. The topological polar surface area (TPSA) is 59.1 Å². The first-order valence-corrected chi connectivity index (χ1v) is 4.06. The van der Waals surface area contributed by atoms with E-state index in [-0.39, 0.29) is 6.61 Å². The minimum atomic E-state index is 0.0917. The molecule has 0 fully saturated rings. The summed E-state index contributed by atoms with van der Waals surface area (Å²) in [6.45, 7) is 2.02. The van der Waals surface area contributed by atoms with Crippen LogP contribution in [0.4, 0.5) is 5.82 Å². The van der Waals surface area contributed by atoms with Gasteiger partial charge in [-0.05, 0) is 18.6 Å². The van der Waals surface area contributed by atoms with Crippen LogP contribution < -0.4 is 5.73 Å². The Morgan fingerprint density at radius 1 is 1.62 bits per heavy atom. The SMILES string of the molecule is Cc1cc(N)ncc1C#CCCO. The zero-order valence-electron chi connectivity index (χ0n) is 7.54. The van der Waals surface area contributed by atoms with Gasteiger partial charge in [0.25, 0.3) is 0 Å². The van der Waals surface area contributed by atoms with Crippen molar-refractivity contribution in [2.45, 2.75) is 13.3 Å². The normalized spacial score (nSPS) is 9.08. The summed E-state index contributed by atoms with van der Waals surface area (Å²) in [5, 5.41) is 8.52. The van der Waals surface area contributed by atoms with Crippen molar-refractivity contribution in [2.24, 2.45) is 0 Å². The van der Waals surface area contributed by atoms with E-state index in [1.165, 1.54) is 0 Å². The highest BCUT2D eigenvalue weighted by Crippen LogP contribution is 2.07. The summed E-state index contributed by atoms with van der Waals surface area (Å²) in [7, 11) is 0. The molecular weight excluding hydrogens is 164 g/mol. The monoisotopic (exact) mass is 176 g/mol. The molecule has 0 amide bonds. The summed E-state index contributed by atoms with van der Waals surface area (Å²) in [6.07, 6.45) is 2.14. The quantitative estimate of drug-likeness (QED) is 0.619. The molecule has 1 heterocycles. The molecule has 3 heteroatoms. The Labute approximate surface area is 77.6 Å². The van der Waals surface area contributed by atoms with E-state index >= 15 is 0 Å². The average molecular weight is 176 g/mol. The van der Waals surface area contributed by atoms with Gasteiger partial charge in [0.2, 0.25) is 0 Å². The second-order valence-electron chi connectivity index (χ2n) is 2.70. The number of hydrogen-bond donors (Lipinski definition) is 2. The first kappa shape index (κ1) is 9.56. The second kappa shape index (κ2) is 4.48. The lowest BCUT2D eigenvalue weighted by Gasteiger charge is -1.97. The predicted molar refractivity (Wildman–Crippen MR) is 52.0 cm³/mol. The number of anilines is 1. The van der Waals surface area contributed by atoms with Gasteiger partial charge in [-0.25, -0.2) is 4.98 Å². The highest BCUT2D eigenvalue weighted by Gasteiger charge is 1.94. The van der Waals surface area contributed by atoms with E-state index in [1.54, 1.807) is 12.3 Å². The van der Waals surface area contributed by atoms with Crippen molar-refractivity contribution < 1.29 is 5.11 Å². The van der Waals surface area contributed by atoms with E-state index in [0.717, 1.165) is 11.1 Å². The third kappa shape index (κ3) is 2.77. The Balaban J connectivity index is 2.85. The summed E-state index contributed by atoms with van der Waals surface area (Å²) < 4.78 is 0. The summed E-state index contributed by atoms with van der Waals surface area (Å²) >= 11 is 0. The molecule has 1 rings (SSSR count). The maximum atomic E-state index is 8.52. The van der Waals surface area contributed by atoms with Gasteiger partial charge in [-0.2, -0.15) is 0 Å². The smallest absolute Gasteiger partial charge is 0.123 e. The molecule has 0 atom stereocenters. The van der Waals surface area contributed by atoms with Crippen molar-refractivity contribution in [2.75, 3.05) is 12.3 Å². The Hall–Kier alpha value is -1.53. The number of aliphatic hydroxyl groups is 1. The molecule has 1 aromatic rings.